The molecule has 2 amide bonds. The van der Waals surface area contributed by atoms with Crippen LogP contribution in [0, 0.1) is 10.1 Å². The molecule has 2 aromatic carbocycles. The molecule has 30 heavy (non-hydrogen) atoms. The molecule has 1 fully saturated rings. The average Bonchev–Trinajstić information content (AvgIpc) is 3.15. The molecule has 0 unspecified atom stereocenters. The molecule has 0 spiro atoms. The van der Waals surface area contributed by atoms with Crippen LogP contribution in [0.15, 0.2) is 42.5 Å². The molecule has 1 aliphatic rings. The second-order valence-electron chi connectivity index (χ2n) is 7.27. The molecule has 1 saturated carbocycles. The molecule has 1 aromatic heterocycles. The summed E-state index contributed by atoms with van der Waals surface area (Å²) in [6.45, 7) is 0. The minimum Gasteiger partial charge on any atom is -0.349 e. The Labute approximate surface area is 176 Å². The zero-order chi connectivity index (χ0) is 21.1. The Bertz CT molecular complexity index is 1100. The maximum absolute atomic E-state index is 12.6. The van der Waals surface area contributed by atoms with E-state index in [0.29, 0.717) is 21.8 Å². The molecule has 3 aromatic rings. The van der Waals surface area contributed by atoms with Gasteiger partial charge < -0.3 is 5.32 Å². The van der Waals surface area contributed by atoms with Gasteiger partial charge in [-0.15, -0.1) is 0 Å². The molecule has 4 rings (SSSR count). The Morgan fingerprint density at radius 2 is 1.70 bits per heavy atom. The summed E-state index contributed by atoms with van der Waals surface area (Å²) < 4.78 is 0.797. The Kier molecular flexibility index (Phi) is 5.71. The first-order valence-electron chi connectivity index (χ1n) is 9.77. The van der Waals surface area contributed by atoms with Crippen LogP contribution in [0.5, 0.6) is 0 Å². The van der Waals surface area contributed by atoms with Crippen molar-refractivity contribution in [3.8, 4) is 0 Å². The van der Waals surface area contributed by atoms with Gasteiger partial charge in [-0.05, 0) is 43.2 Å². The monoisotopic (exact) mass is 424 g/mol. The lowest BCUT2D eigenvalue weighted by molar-refractivity contribution is -0.384. The van der Waals surface area contributed by atoms with Crippen molar-refractivity contribution in [2.45, 2.75) is 38.1 Å². The van der Waals surface area contributed by atoms with E-state index in [-0.39, 0.29) is 17.6 Å². The van der Waals surface area contributed by atoms with Crippen LogP contribution >= 0.6 is 11.3 Å². The Morgan fingerprint density at radius 1 is 1.00 bits per heavy atom. The highest BCUT2D eigenvalue weighted by Crippen LogP contribution is 2.28. The molecule has 0 aliphatic heterocycles. The average molecular weight is 424 g/mol. The fourth-order valence-corrected chi connectivity index (χ4v) is 4.44. The third-order valence-corrected chi connectivity index (χ3v) is 6.09. The van der Waals surface area contributed by atoms with E-state index in [2.05, 4.69) is 15.6 Å². The van der Waals surface area contributed by atoms with E-state index in [1.165, 1.54) is 42.0 Å². The molecule has 1 heterocycles. The number of carbonyl (C=O) groups excluding carboxylic acids is 2. The quantitative estimate of drug-likeness (QED) is 0.462. The number of fused-ring (bicyclic) bond motifs is 1. The van der Waals surface area contributed by atoms with Crippen molar-refractivity contribution in [1.29, 1.82) is 0 Å². The summed E-state index contributed by atoms with van der Waals surface area (Å²) >= 11 is 1.27. The number of carbonyl (C=O) groups is 2. The minimum absolute atomic E-state index is 0.0782. The molecule has 9 heteroatoms. The van der Waals surface area contributed by atoms with Gasteiger partial charge in [0.2, 0.25) is 0 Å². The SMILES string of the molecule is O=C(Nc1nc2ccc(C(=O)NC3CCCCC3)cc2s1)c1ccc([N+](=O)[O-])cc1. The number of nitro groups is 1. The van der Waals surface area contributed by atoms with E-state index in [1.54, 1.807) is 18.2 Å². The zero-order valence-electron chi connectivity index (χ0n) is 16.1. The molecule has 0 bridgehead atoms. The van der Waals surface area contributed by atoms with Crippen LogP contribution < -0.4 is 10.6 Å². The fourth-order valence-electron chi connectivity index (χ4n) is 3.54. The van der Waals surface area contributed by atoms with Gasteiger partial charge in [0, 0.05) is 29.3 Å². The zero-order valence-corrected chi connectivity index (χ0v) is 16.9. The van der Waals surface area contributed by atoms with Gasteiger partial charge in [-0.3, -0.25) is 25.0 Å². The summed E-state index contributed by atoms with van der Waals surface area (Å²) in [6, 6.07) is 10.9. The number of nitro benzene ring substituents is 1. The maximum Gasteiger partial charge on any atom is 0.269 e. The number of nitrogens with zero attached hydrogens (tertiary/aromatic N) is 2. The maximum atomic E-state index is 12.6. The smallest absolute Gasteiger partial charge is 0.269 e. The Hall–Kier alpha value is -3.33. The number of hydrogen-bond donors (Lipinski definition) is 2. The molecule has 0 saturated heterocycles. The van der Waals surface area contributed by atoms with Crippen LogP contribution in [-0.4, -0.2) is 27.8 Å². The summed E-state index contributed by atoms with van der Waals surface area (Å²) in [6.07, 6.45) is 5.57. The molecular formula is C21H20N4O4S. The van der Waals surface area contributed by atoms with Crippen LogP contribution in [-0.2, 0) is 0 Å². The van der Waals surface area contributed by atoms with Crippen molar-refractivity contribution in [1.82, 2.24) is 10.3 Å². The van der Waals surface area contributed by atoms with Gasteiger partial charge in [-0.2, -0.15) is 0 Å². The Morgan fingerprint density at radius 3 is 2.40 bits per heavy atom. The molecule has 2 N–H and O–H groups in total. The van der Waals surface area contributed by atoms with E-state index in [1.807, 2.05) is 0 Å². The summed E-state index contributed by atoms with van der Waals surface area (Å²) in [4.78, 5) is 39.5. The van der Waals surface area contributed by atoms with E-state index in [0.717, 1.165) is 30.4 Å². The van der Waals surface area contributed by atoms with E-state index >= 15 is 0 Å². The van der Waals surface area contributed by atoms with Crippen LogP contribution in [0.2, 0.25) is 0 Å². The second-order valence-corrected chi connectivity index (χ2v) is 8.30. The van der Waals surface area contributed by atoms with Crippen molar-refractivity contribution in [2.24, 2.45) is 0 Å². The molecule has 8 nitrogen and oxygen atoms in total. The van der Waals surface area contributed by atoms with Crippen molar-refractivity contribution in [3.63, 3.8) is 0 Å². The van der Waals surface area contributed by atoms with E-state index in [9.17, 15) is 19.7 Å². The molecular weight excluding hydrogens is 404 g/mol. The highest BCUT2D eigenvalue weighted by atomic mass is 32.1. The first kappa shape index (κ1) is 20.0. The lowest BCUT2D eigenvalue weighted by Gasteiger charge is -2.22. The number of thiazole rings is 1. The topological polar surface area (TPSA) is 114 Å². The van der Waals surface area contributed by atoms with Crippen molar-refractivity contribution in [3.05, 3.63) is 63.7 Å². The van der Waals surface area contributed by atoms with Crippen LogP contribution in [0.4, 0.5) is 10.8 Å². The van der Waals surface area contributed by atoms with Crippen LogP contribution in [0.3, 0.4) is 0 Å². The number of aromatic nitrogens is 1. The molecule has 0 radical (unpaired) electrons. The molecule has 154 valence electrons. The van der Waals surface area contributed by atoms with Crippen LogP contribution in [0.25, 0.3) is 10.2 Å². The normalized spacial score (nSPS) is 14.4. The Balaban J connectivity index is 1.45. The summed E-state index contributed by atoms with van der Waals surface area (Å²) in [7, 11) is 0. The van der Waals surface area contributed by atoms with Crippen molar-refractivity contribution < 1.29 is 14.5 Å². The molecule has 1 aliphatic carbocycles. The highest BCUT2D eigenvalue weighted by molar-refractivity contribution is 7.22. The van der Waals surface area contributed by atoms with Gasteiger partial charge in [-0.1, -0.05) is 30.6 Å². The molecule has 0 atom stereocenters. The van der Waals surface area contributed by atoms with E-state index in [4.69, 9.17) is 0 Å². The van der Waals surface area contributed by atoms with Crippen molar-refractivity contribution >= 4 is 44.2 Å². The van der Waals surface area contributed by atoms with Crippen molar-refractivity contribution in [2.75, 3.05) is 5.32 Å². The van der Waals surface area contributed by atoms with Gasteiger partial charge in [0.05, 0.1) is 15.1 Å². The highest BCUT2D eigenvalue weighted by Gasteiger charge is 2.18. The number of nitrogens with one attached hydrogen (secondary N) is 2. The second kappa shape index (κ2) is 8.58. The van der Waals surface area contributed by atoms with E-state index < -0.39 is 10.8 Å². The largest absolute Gasteiger partial charge is 0.349 e. The number of rotatable bonds is 5. The third-order valence-electron chi connectivity index (χ3n) is 5.15. The standard InChI is InChI=1S/C21H20N4O4S/c26-19(13-6-9-16(10-7-13)25(28)29)24-21-23-17-11-8-14(12-18(17)30-21)20(27)22-15-4-2-1-3-5-15/h6-12,15H,1-5H2,(H,22,27)(H,23,24,26). The van der Waals surface area contributed by atoms with Crippen LogP contribution in [0.1, 0.15) is 52.8 Å². The third kappa shape index (κ3) is 4.46. The van der Waals surface area contributed by atoms with Gasteiger partial charge in [0.15, 0.2) is 5.13 Å². The number of benzene rings is 2. The number of anilines is 1. The fraction of sp³-hybridized carbons (Fsp3) is 0.286. The predicted octanol–water partition coefficient (Wildman–Crippen LogP) is 4.52. The predicted molar refractivity (Wildman–Crippen MR) is 115 cm³/mol. The number of amides is 2. The summed E-state index contributed by atoms with van der Waals surface area (Å²) in [5, 5.41) is 16.9. The first-order chi connectivity index (χ1) is 14.5. The number of hydrogen-bond acceptors (Lipinski definition) is 6. The number of non-ortho nitro benzene ring substituents is 1. The van der Waals surface area contributed by atoms with Gasteiger partial charge in [0.25, 0.3) is 17.5 Å². The summed E-state index contributed by atoms with van der Waals surface area (Å²) in [5.41, 5.74) is 1.48. The lowest BCUT2D eigenvalue weighted by atomic mass is 9.95. The van der Waals surface area contributed by atoms with Gasteiger partial charge in [0.1, 0.15) is 0 Å². The van der Waals surface area contributed by atoms with Gasteiger partial charge >= 0.3 is 0 Å². The minimum atomic E-state index is -0.517. The summed E-state index contributed by atoms with van der Waals surface area (Å²) in [5.74, 6) is -0.493. The lowest BCUT2D eigenvalue weighted by Crippen LogP contribution is -2.36. The first-order valence-corrected chi connectivity index (χ1v) is 10.6. The van der Waals surface area contributed by atoms with Gasteiger partial charge in [-0.25, -0.2) is 4.98 Å².